The number of rotatable bonds is 8. The quantitative estimate of drug-likeness (QED) is 0.606. The summed E-state index contributed by atoms with van der Waals surface area (Å²) in [7, 11) is 3.00. The number of nitrogens with one attached hydrogen (secondary N) is 1. The molecule has 0 unspecified atom stereocenters. The Labute approximate surface area is 175 Å². The third kappa shape index (κ3) is 6.55. The van der Waals surface area contributed by atoms with Crippen molar-refractivity contribution in [2.75, 3.05) is 26.1 Å². The number of hydrogen-bond acceptors (Lipinski definition) is 5. The smallest absolute Gasteiger partial charge is 0.416 e. The van der Waals surface area contributed by atoms with Crippen molar-refractivity contribution in [3.63, 3.8) is 0 Å². The highest BCUT2D eigenvalue weighted by Gasteiger charge is 2.31. The van der Waals surface area contributed by atoms with Gasteiger partial charge in [0.15, 0.2) is 18.1 Å². The van der Waals surface area contributed by atoms with Crippen LogP contribution in [0.4, 0.5) is 18.9 Å². The summed E-state index contributed by atoms with van der Waals surface area (Å²) in [5.74, 6) is -0.389. The lowest BCUT2D eigenvalue weighted by Gasteiger charge is -2.12. The summed E-state index contributed by atoms with van der Waals surface area (Å²) in [6.45, 7) is -0.655. The maximum Gasteiger partial charge on any atom is 0.416 e. The molecule has 0 aromatic heterocycles. The molecule has 0 saturated carbocycles. The highest BCUT2D eigenvalue weighted by atomic mass is 35.5. The van der Waals surface area contributed by atoms with Gasteiger partial charge in [-0.3, -0.25) is 9.59 Å². The summed E-state index contributed by atoms with van der Waals surface area (Å²) < 4.78 is 53.5. The van der Waals surface area contributed by atoms with Crippen molar-refractivity contribution < 1.29 is 37.0 Å². The number of alkyl halides is 3. The lowest BCUT2D eigenvalue weighted by molar-refractivity contribution is -0.147. The number of carbonyl (C=O) groups is 2. The predicted molar refractivity (Wildman–Crippen MR) is 104 cm³/mol. The van der Waals surface area contributed by atoms with Crippen molar-refractivity contribution in [3.8, 4) is 11.5 Å². The Kier molecular flexibility index (Phi) is 7.93. The number of ether oxygens (including phenoxy) is 3. The summed E-state index contributed by atoms with van der Waals surface area (Å²) in [4.78, 5) is 23.8. The van der Waals surface area contributed by atoms with Gasteiger partial charge in [0, 0.05) is 6.42 Å². The molecule has 0 radical (unpaired) electrons. The molecule has 1 amide bonds. The van der Waals surface area contributed by atoms with Gasteiger partial charge in [-0.1, -0.05) is 17.7 Å². The molecule has 0 aliphatic heterocycles. The van der Waals surface area contributed by atoms with Gasteiger partial charge in [-0.05, 0) is 42.3 Å². The maximum atomic E-state index is 12.8. The number of halogens is 4. The molecule has 0 fully saturated rings. The number of hydrogen-bond donors (Lipinski definition) is 1. The summed E-state index contributed by atoms with van der Waals surface area (Å²) in [5.41, 5.74) is -0.392. The van der Waals surface area contributed by atoms with Gasteiger partial charge in [0.05, 0.1) is 30.5 Å². The van der Waals surface area contributed by atoms with E-state index in [1.807, 2.05) is 0 Å². The Morgan fingerprint density at radius 2 is 1.73 bits per heavy atom. The monoisotopic (exact) mass is 445 g/mol. The minimum Gasteiger partial charge on any atom is -0.493 e. The normalized spacial score (nSPS) is 11.0. The Morgan fingerprint density at radius 1 is 1.03 bits per heavy atom. The van der Waals surface area contributed by atoms with Crippen molar-refractivity contribution in [1.29, 1.82) is 0 Å². The third-order valence-corrected chi connectivity index (χ3v) is 4.33. The molecule has 0 aliphatic carbocycles. The predicted octanol–water partition coefficient (Wildman–Crippen LogP) is 4.49. The first-order chi connectivity index (χ1) is 14.1. The summed E-state index contributed by atoms with van der Waals surface area (Å²) in [6, 6.07) is 7.71. The number of esters is 1. The Morgan fingerprint density at radius 3 is 2.37 bits per heavy atom. The van der Waals surface area contributed by atoms with E-state index in [2.05, 4.69) is 5.32 Å². The number of amides is 1. The van der Waals surface area contributed by atoms with E-state index in [0.29, 0.717) is 24.0 Å². The first kappa shape index (κ1) is 23.3. The molecule has 0 aliphatic rings. The van der Waals surface area contributed by atoms with Crippen LogP contribution in [-0.2, 0) is 26.9 Å². The highest BCUT2D eigenvalue weighted by Crippen LogP contribution is 2.33. The SMILES string of the molecule is COc1ccc(CCC(=O)OCC(=O)Nc2cc(C(F)(F)F)ccc2Cl)cc1OC. The number of anilines is 1. The van der Waals surface area contributed by atoms with E-state index in [9.17, 15) is 22.8 Å². The molecular formula is C20H19ClF3NO5. The van der Waals surface area contributed by atoms with E-state index in [1.165, 1.54) is 14.2 Å². The zero-order chi connectivity index (χ0) is 22.3. The minimum absolute atomic E-state index is 0.00687. The number of methoxy groups -OCH3 is 2. The van der Waals surface area contributed by atoms with Crippen LogP contribution in [0.5, 0.6) is 11.5 Å². The largest absolute Gasteiger partial charge is 0.493 e. The number of benzene rings is 2. The summed E-state index contributed by atoms with van der Waals surface area (Å²) in [6.07, 6.45) is -4.26. The Hall–Kier alpha value is -2.94. The fourth-order valence-corrected chi connectivity index (χ4v) is 2.65. The van der Waals surface area contributed by atoms with Gasteiger partial charge < -0.3 is 19.5 Å². The number of aryl methyl sites for hydroxylation is 1. The highest BCUT2D eigenvalue weighted by molar-refractivity contribution is 6.33. The van der Waals surface area contributed by atoms with E-state index in [-0.39, 0.29) is 17.1 Å². The van der Waals surface area contributed by atoms with Crippen molar-refractivity contribution >= 4 is 29.2 Å². The molecule has 0 bridgehead atoms. The van der Waals surface area contributed by atoms with Gasteiger partial charge in [0.2, 0.25) is 0 Å². The molecule has 6 nitrogen and oxygen atoms in total. The van der Waals surface area contributed by atoms with E-state index in [0.717, 1.165) is 17.7 Å². The minimum atomic E-state index is -4.58. The lowest BCUT2D eigenvalue weighted by Crippen LogP contribution is -2.21. The van der Waals surface area contributed by atoms with Crippen molar-refractivity contribution in [3.05, 3.63) is 52.5 Å². The molecule has 0 atom stereocenters. The maximum absolute atomic E-state index is 12.8. The summed E-state index contributed by atoms with van der Waals surface area (Å²) >= 11 is 5.81. The average Bonchev–Trinajstić information content (AvgIpc) is 2.71. The zero-order valence-corrected chi connectivity index (χ0v) is 16.9. The standard InChI is InChI=1S/C20H19ClF3NO5/c1-28-16-7-3-12(9-17(16)29-2)4-8-19(27)30-11-18(26)25-15-10-13(20(22,23)24)5-6-14(15)21/h3,5-7,9-10H,4,8,11H2,1-2H3,(H,25,26). The van der Waals surface area contributed by atoms with Crippen LogP contribution in [-0.4, -0.2) is 32.7 Å². The van der Waals surface area contributed by atoms with E-state index < -0.39 is 30.2 Å². The van der Waals surface area contributed by atoms with Gasteiger partial charge in [-0.15, -0.1) is 0 Å². The van der Waals surface area contributed by atoms with Crippen LogP contribution >= 0.6 is 11.6 Å². The molecule has 0 saturated heterocycles. The molecule has 2 rings (SSSR count). The topological polar surface area (TPSA) is 73.9 Å². The second kappa shape index (κ2) is 10.2. The van der Waals surface area contributed by atoms with Gasteiger partial charge in [-0.25, -0.2) is 0 Å². The molecular weight excluding hydrogens is 427 g/mol. The molecule has 0 spiro atoms. The molecule has 2 aromatic rings. The van der Waals surface area contributed by atoms with E-state index in [4.69, 9.17) is 25.8 Å². The van der Waals surface area contributed by atoms with Gasteiger partial charge in [-0.2, -0.15) is 13.2 Å². The van der Waals surface area contributed by atoms with Gasteiger partial charge in [0.25, 0.3) is 5.91 Å². The van der Waals surface area contributed by atoms with Crippen LogP contribution in [0, 0.1) is 0 Å². The zero-order valence-electron chi connectivity index (χ0n) is 16.1. The lowest BCUT2D eigenvalue weighted by atomic mass is 10.1. The molecule has 162 valence electrons. The molecule has 2 aromatic carbocycles. The van der Waals surface area contributed by atoms with Crippen LogP contribution in [0.15, 0.2) is 36.4 Å². The second-order valence-electron chi connectivity index (χ2n) is 6.09. The summed E-state index contributed by atoms with van der Waals surface area (Å²) in [5, 5.41) is 2.13. The van der Waals surface area contributed by atoms with Crippen molar-refractivity contribution in [2.24, 2.45) is 0 Å². The van der Waals surface area contributed by atoms with Crippen LogP contribution in [0.3, 0.4) is 0 Å². The van der Waals surface area contributed by atoms with Crippen LogP contribution in [0.1, 0.15) is 17.5 Å². The van der Waals surface area contributed by atoms with Gasteiger partial charge in [0.1, 0.15) is 0 Å². The molecule has 30 heavy (non-hydrogen) atoms. The fraction of sp³-hybridized carbons (Fsp3) is 0.300. The van der Waals surface area contributed by atoms with Gasteiger partial charge >= 0.3 is 12.1 Å². The first-order valence-corrected chi connectivity index (χ1v) is 9.05. The average molecular weight is 446 g/mol. The van der Waals surface area contributed by atoms with E-state index >= 15 is 0 Å². The molecule has 1 N–H and O–H groups in total. The Balaban J connectivity index is 1.86. The third-order valence-electron chi connectivity index (χ3n) is 4.00. The van der Waals surface area contributed by atoms with E-state index in [1.54, 1.807) is 18.2 Å². The first-order valence-electron chi connectivity index (χ1n) is 8.67. The second-order valence-corrected chi connectivity index (χ2v) is 6.50. The number of carbonyl (C=O) groups excluding carboxylic acids is 2. The van der Waals surface area contributed by atoms with Crippen molar-refractivity contribution in [1.82, 2.24) is 0 Å². The Bertz CT molecular complexity index is 918. The molecule has 0 heterocycles. The fourth-order valence-electron chi connectivity index (χ4n) is 2.48. The van der Waals surface area contributed by atoms with Crippen LogP contribution in [0.2, 0.25) is 5.02 Å². The van der Waals surface area contributed by atoms with Crippen LogP contribution < -0.4 is 14.8 Å². The van der Waals surface area contributed by atoms with Crippen LogP contribution in [0.25, 0.3) is 0 Å². The van der Waals surface area contributed by atoms with Crippen molar-refractivity contribution in [2.45, 2.75) is 19.0 Å². The molecule has 10 heteroatoms.